The molecule has 0 spiro atoms. The van der Waals surface area contributed by atoms with E-state index >= 15 is 0 Å². The minimum atomic E-state index is -0.310. The van der Waals surface area contributed by atoms with Gasteiger partial charge in [-0.15, -0.1) is 0 Å². The fourth-order valence-corrected chi connectivity index (χ4v) is 2.10. The van der Waals surface area contributed by atoms with E-state index in [0.29, 0.717) is 17.1 Å². The Balaban J connectivity index is 1.97. The van der Waals surface area contributed by atoms with Gasteiger partial charge in [0.05, 0.1) is 13.3 Å². The summed E-state index contributed by atoms with van der Waals surface area (Å²) in [5.74, 6) is 1.68. The lowest BCUT2D eigenvalue weighted by atomic mass is 10.2. The van der Waals surface area contributed by atoms with E-state index in [0.717, 1.165) is 19.0 Å². The van der Waals surface area contributed by atoms with Gasteiger partial charge in [-0.1, -0.05) is 6.07 Å². The molecule has 1 aromatic carbocycles. The summed E-state index contributed by atoms with van der Waals surface area (Å²) in [6.45, 7) is 5.86. The van der Waals surface area contributed by atoms with Crippen LogP contribution in [0.3, 0.4) is 0 Å². The van der Waals surface area contributed by atoms with E-state index in [4.69, 9.17) is 9.15 Å². The topological polar surface area (TPSA) is 67.1 Å². The number of hydrazone groups is 1. The predicted octanol–water partition coefficient (Wildman–Crippen LogP) is 2.90. The molecular weight excluding hydrogens is 294 g/mol. The molecule has 6 nitrogen and oxygen atoms in total. The minimum Gasteiger partial charge on any atom is -0.497 e. The zero-order valence-corrected chi connectivity index (χ0v) is 13.6. The van der Waals surface area contributed by atoms with Gasteiger partial charge >= 0.3 is 0 Å². The Morgan fingerprint density at radius 2 is 2.09 bits per heavy atom. The molecule has 1 amide bonds. The number of amides is 1. The molecule has 0 aliphatic heterocycles. The minimum absolute atomic E-state index is 0.310. The van der Waals surface area contributed by atoms with Gasteiger partial charge in [0.2, 0.25) is 0 Å². The second-order valence-corrected chi connectivity index (χ2v) is 4.78. The van der Waals surface area contributed by atoms with Crippen molar-refractivity contribution >= 4 is 18.0 Å². The van der Waals surface area contributed by atoms with Crippen LogP contribution in [0.25, 0.3) is 0 Å². The number of methoxy groups -OCH3 is 1. The van der Waals surface area contributed by atoms with Gasteiger partial charge in [0.1, 0.15) is 11.5 Å². The summed E-state index contributed by atoms with van der Waals surface area (Å²) in [5.41, 5.74) is 2.94. The van der Waals surface area contributed by atoms with Gasteiger partial charge in [0.25, 0.3) is 5.91 Å². The van der Waals surface area contributed by atoms with Crippen molar-refractivity contribution in [2.24, 2.45) is 5.10 Å². The lowest BCUT2D eigenvalue weighted by Gasteiger charge is -2.16. The zero-order chi connectivity index (χ0) is 16.7. The average Bonchev–Trinajstić information content (AvgIpc) is 3.04. The summed E-state index contributed by atoms with van der Waals surface area (Å²) < 4.78 is 10.7. The number of carbonyl (C=O) groups is 1. The molecule has 2 rings (SSSR count). The molecule has 122 valence electrons. The van der Waals surface area contributed by atoms with Gasteiger partial charge < -0.3 is 14.1 Å². The first-order chi connectivity index (χ1) is 11.2. The normalized spacial score (nSPS) is 10.7. The summed E-state index contributed by atoms with van der Waals surface area (Å²) in [6, 6.07) is 10.6. The van der Waals surface area contributed by atoms with E-state index in [9.17, 15) is 4.79 Å². The van der Waals surface area contributed by atoms with Crippen molar-refractivity contribution in [2.75, 3.05) is 25.1 Å². The van der Waals surface area contributed by atoms with Crippen LogP contribution in [0.15, 0.2) is 45.9 Å². The number of ether oxygens (including phenoxy) is 1. The summed E-state index contributed by atoms with van der Waals surface area (Å²) in [6.07, 6.45) is 1.48. The fourth-order valence-electron chi connectivity index (χ4n) is 2.10. The number of rotatable bonds is 7. The number of nitrogens with one attached hydrogen (secondary N) is 1. The molecule has 0 fully saturated rings. The number of carbonyl (C=O) groups excluding carboxylic acids is 1. The number of furan rings is 1. The average molecular weight is 315 g/mol. The standard InChI is InChI=1S/C17H21N3O3/c1-4-20(5-2)16-10-9-15(23-16)12-18-19-17(21)13-7-6-8-14(11-13)22-3/h6-12H,4-5H2,1-3H3,(H,19,21)/b18-12+. The largest absolute Gasteiger partial charge is 0.497 e. The third-order valence-electron chi connectivity index (χ3n) is 3.38. The SMILES string of the molecule is CCN(CC)c1ccc(/C=N/NC(=O)c2cccc(OC)c2)o1. The van der Waals surface area contributed by atoms with Crippen LogP contribution in [0.2, 0.25) is 0 Å². The van der Waals surface area contributed by atoms with Crippen molar-refractivity contribution in [1.29, 1.82) is 0 Å². The molecule has 0 aliphatic carbocycles. The number of hydrogen-bond acceptors (Lipinski definition) is 5. The van der Waals surface area contributed by atoms with E-state index in [1.54, 1.807) is 31.4 Å². The van der Waals surface area contributed by atoms with Crippen LogP contribution in [-0.4, -0.2) is 32.3 Å². The molecule has 0 unspecified atom stereocenters. The van der Waals surface area contributed by atoms with Gasteiger partial charge in [0.15, 0.2) is 5.88 Å². The Hall–Kier alpha value is -2.76. The molecule has 0 bridgehead atoms. The molecule has 0 radical (unpaired) electrons. The number of benzene rings is 1. The Bertz CT molecular complexity index is 675. The van der Waals surface area contributed by atoms with Crippen molar-refractivity contribution in [3.8, 4) is 5.75 Å². The molecule has 0 saturated carbocycles. The number of anilines is 1. The summed E-state index contributed by atoms with van der Waals surface area (Å²) in [5, 5.41) is 3.92. The van der Waals surface area contributed by atoms with Gasteiger partial charge in [-0.2, -0.15) is 5.10 Å². The first kappa shape index (κ1) is 16.6. The maximum atomic E-state index is 12.0. The van der Waals surface area contributed by atoms with Crippen molar-refractivity contribution in [3.63, 3.8) is 0 Å². The van der Waals surface area contributed by atoms with Crippen LogP contribution in [0, 0.1) is 0 Å². The van der Waals surface area contributed by atoms with Crippen LogP contribution >= 0.6 is 0 Å². The molecule has 6 heteroatoms. The fraction of sp³-hybridized carbons (Fsp3) is 0.294. The van der Waals surface area contributed by atoms with E-state index in [-0.39, 0.29) is 5.91 Å². The summed E-state index contributed by atoms with van der Waals surface area (Å²) >= 11 is 0. The maximum absolute atomic E-state index is 12.0. The highest BCUT2D eigenvalue weighted by atomic mass is 16.5. The molecule has 1 heterocycles. The van der Waals surface area contributed by atoms with E-state index in [1.165, 1.54) is 6.21 Å². The van der Waals surface area contributed by atoms with Crippen molar-refractivity contribution in [1.82, 2.24) is 5.43 Å². The molecule has 0 aliphatic rings. The summed E-state index contributed by atoms with van der Waals surface area (Å²) in [7, 11) is 1.56. The Morgan fingerprint density at radius 1 is 1.30 bits per heavy atom. The van der Waals surface area contributed by atoms with Gasteiger partial charge in [-0.05, 0) is 38.1 Å². The highest BCUT2D eigenvalue weighted by molar-refractivity contribution is 5.95. The van der Waals surface area contributed by atoms with Crippen LogP contribution in [-0.2, 0) is 0 Å². The lowest BCUT2D eigenvalue weighted by molar-refractivity contribution is 0.0955. The molecule has 1 N–H and O–H groups in total. The van der Waals surface area contributed by atoms with Gasteiger partial charge in [0, 0.05) is 24.7 Å². The van der Waals surface area contributed by atoms with Gasteiger partial charge in [-0.25, -0.2) is 5.43 Å². The third kappa shape index (κ3) is 4.35. The van der Waals surface area contributed by atoms with Crippen LogP contribution in [0.5, 0.6) is 5.75 Å². The Kier molecular flexibility index (Phi) is 5.80. The van der Waals surface area contributed by atoms with Crippen LogP contribution in [0.4, 0.5) is 5.88 Å². The predicted molar refractivity (Wildman–Crippen MR) is 90.3 cm³/mol. The summed E-state index contributed by atoms with van der Waals surface area (Å²) in [4.78, 5) is 14.1. The molecule has 0 atom stereocenters. The second-order valence-electron chi connectivity index (χ2n) is 4.78. The Morgan fingerprint density at radius 3 is 2.78 bits per heavy atom. The monoisotopic (exact) mass is 315 g/mol. The lowest BCUT2D eigenvalue weighted by Crippen LogP contribution is -2.20. The smallest absolute Gasteiger partial charge is 0.271 e. The number of nitrogens with zero attached hydrogens (tertiary/aromatic N) is 2. The van der Waals surface area contributed by atoms with Crippen molar-refractivity contribution in [2.45, 2.75) is 13.8 Å². The first-order valence-corrected chi connectivity index (χ1v) is 7.50. The molecular formula is C17H21N3O3. The zero-order valence-electron chi connectivity index (χ0n) is 13.6. The molecule has 0 saturated heterocycles. The van der Waals surface area contributed by atoms with Crippen molar-refractivity contribution in [3.05, 3.63) is 47.7 Å². The first-order valence-electron chi connectivity index (χ1n) is 7.50. The van der Waals surface area contributed by atoms with Crippen molar-refractivity contribution < 1.29 is 13.9 Å². The number of hydrogen-bond donors (Lipinski definition) is 1. The highest BCUT2D eigenvalue weighted by Gasteiger charge is 2.07. The maximum Gasteiger partial charge on any atom is 0.271 e. The molecule has 1 aromatic heterocycles. The van der Waals surface area contributed by atoms with E-state index in [1.807, 2.05) is 12.1 Å². The third-order valence-corrected chi connectivity index (χ3v) is 3.38. The van der Waals surface area contributed by atoms with Gasteiger partial charge in [-0.3, -0.25) is 4.79 Å². The van der Waals surface area contributed by atoms with E-state index in [2.05, 4.69) is 29.3 Å². The second kappa shape index (κ2) is 8.03. The Labute approximate surface area is 135 Å². The molecule has 23 heavy (non-hydrogen) atoms. The van der Waals surface area contributed by atoms with E-state index < -0.39 is 0 Å². The van der Waals surface area contributed by atoms with Crippen LogP contribution < -0.4 is 15.1 Å². The van der Waals surface area contributed by atoms with Crippen LogP contribution in [0.1, 0.15) is 30.0 Å². The highest BCUT2D eigenvalue weighted by Crippen LogP contribution is 2.17. The quantitative estimate of drug-likeness (QED) is 0.630. The molecule has 2 aromatic rings.